The third kappa shape index (κ3) is 6.94. The summed E-state index contributed by atoms with van der Waals surface area (Å²) < 4.78 is 11.9. The van der Waals surface area contributed by atoms with Crippen molar-refractivity contribution in [2.75, 3.05) is 29.9 Å². The van der Waals surface area contributed by atoms with Crippen molar-refractivity contribution < 1.29 is 24.2 Å². The van der Waals surface area contributed by atoms with Crippen LogP contribution in [0.5, 0.6) is 11.5 Å². The molecule has 1 amide bonds. The molecular weight excluding hydrogens is 460 g/mol. The third-order valence-corrected chi connectivity index (χ3v) is 5.78. The van der Waals surface area contributed by atoms with Crippen molar-refractivity contribution in [2.24, 2.45) is 0 Å². The summed E-state index contributed by atoms with van der Waals surface area (Å²) in [5.41, 5.74) is 1.48. The molecule has 1 fully saturated rings. The Bertz CT molecular complexity index is 1180. The minimum absolute atomic E-state index is 0.0236. The lowest BCUT2D eigenvalue weighted by Crippen LogP contribution is -2.41. The first-order valence-electron chi connectivity index (χ1n) is 12.0. The Kier molecular flexibility index (Phi) is 8.33. The van der Waals surface area contributed by atoms with Gasteiger partial charge in [0.2, 0.25) is 5.91 Å². The van der Waals surface area contributed by atoms with Crippen molar-refractivity contribution in [3.05, 3.63) is 72.1 Å². The van der Waals surface area contributed by atoms with Gasteiger partial charge < -0.3 is 24.8 Å². The number of carbonyl (C=O) groups is 2. The summed E-state index contributed by atoms with van der Waals surface area (Å²) >= 11 is 0. The molecule has 2 heterocycles. The maximum atomic E-state index is 12.6. The van der Waals surface area contributed by atoms with Crippen LogP contribution in [0.3, 0.4) is 0 Å². The first-order valence-corrected chi connectivity index (χ1v) is 12.0. The molecule has 4 rings (SSSR count). The molecule has 3 aromatic rings. The molecule has 1 aromatic heterocycles. The van der Waals surface area contributed by atoms with E-state index in [2.05, 4.69) is 20.2 Å². The highest BCUT2D eigenvalue weighted by Gasteiger charge is 2.24. The number of nitrogens with one attached hydrogen (secondary N) is 1. The zero-order valence-corrected chi connectivity index (χ0v) is 20.2. The number of ether oxygens (including phenoxy) is 2. The van der Waals surface area contributed by atoms with Crippen LogP contribution in [0.4, 0.5) is 11.6 Å². The molecule has 0 bridgehead atoms. The van der Waals surface area contributed by atoms with E-state index in [0.29, 0.717) is 30.4 Å². The molecule has 9 heteroatoms. The molecule has 0 aliphatic carbocycles. The first-order chi connectivity index (χ1) is 17.5. The average molecular weight is 491 g/mol. The predicted molar refractivity (Wildman–Crippen MR) is 136 cm³/mol. The molecule has 36 heavy (non-hydrogen) atoms. The lowest BCUT2D eigenvalue weighted by Gasteiger charge is -2.33. The summed E-state index contributed by atoms with van der Waals surface area (Å²) in [5.74, 6) is 1.41. The Labute approximate surface area is 210 Å². The number of hydrogen-bond donors (Lipinski definition) is 2. The number of benzene rings is 2. The zero-order valence-electron chi connectivity index (χ0n) is 20.2. The number of hydrogen-bond acceptors (Lipinski definition) is 7. The molecule has 0 spiro atoms. The van der Waals surface area contributed by atoms with Crippen LogP contribution in [0.15, 0.2) is 60.9 Å². The Morgan fingerprint density at radius 2 is 1.78 bits per heavy atom. The second-order valence-electron chi connectivity index (χ2n) is 8.58. The fraction of sp³-hybridized carbons (Fsp3) is 0.333. The van der Waals surface area contributed by atoms with Gasteiger partial charge in [-0.05, 0) is 43.0 Å². The second kappa shape index (κ2) is 12.0. The molecule has 1 unspecified atom stereocenters. The van der Waals surface area contributed by atoms with Gasteiger partial charge in [-0.3, -0.25) is 14.6 Å². The van der Waals surface area contributed by atoms with Crippen molar-refractivity contribution in [2.45, 2.75) is 38.7 Å². The molecule has 1 atom stereocenters. The van der Waals surface area contributed by atoms with E-state index in [1.807, 2.05) is 31.2 Å². The van der Waals surface area contributed by atoms with Gasteiger partial charge in [0, 0.05) is 6.54 Å². The zero-order chi connectivity index (χ0) is 25.3. The molecule has 188 valence electrons. The van der Waals surface area contributed by atoms with Gasteiger partial charge in [-0.15, -0.1) is 0 Å². The average Bonchev–Trinajstić information content (AvgIpc) is 2.87. The minimum Gasteiger partial charge on any atom is -0.490 e. The van der Waals surface area contributed by atoms with E-state index in [1.165, 1.54) is 6.20 Å². The van der Waals surface area contributed by atoms with Gasteiger partial charge in [0.05, 0.1) is 38.4 Å². The number of aliphatic carboxylic acids is 1. The fourth-order valence-electron chi connectivity index (χ4n) is 4.13. The summed E-state index contributed by atoms with van der Waals surface area (Å²) in [5, 5.41) is 11.7. The lowest BCUT2D eigenvalue weighted by atomic mass is 10.1. The summed E-state index contributed by atoms with van der Waals surface area (Å²) in [6.07, 6.45) is 5.16. The minimum atomic E-state index is -0.888. The molecule has 2 N–H and O–H groups in total. The highest BCUT2D eigenvalue weighted by Crippen LogP contribution is 2.30. The van der Waals surface area contributed by atoms with Crippen LogP contribution in [0, 0.1) is 0 Å². The number of carboxylic acid groups (broad SMARTS) is 1. The number of amides is 1. The molecule has 2 aromatic carbocycles. The Hall–Kier alpha value is -4.14. The van der Waals surface area contributed by atoms with Crippen molar-refractivity contribution in [3.63, 3.8) is 0 Å². The standard InChI is InChI=1S/C27H30N4O5/c1-2-35-22-7-3-4-8-23(22)36-21-6-5-13-31(18-21)25-17-28-16-24(29-25)30-26(32)14-19-9-11-20(12-10-19)15-27(33)34/h3-4,7-12,16-17,21H,2,5-6,13-15,18H2,1H3,(H,33,34)(H,29,30,32). The van der Waals surface area contributed by atoms with Crippen molar-refractivity contribution in [3.8, 4) is 11.5 Å². The molecule has 1 aliphatic rings. The van der Waals surface area contributed by atoms with Crippen molar-refractivity contribution >= 4 is 23.5 Å². The van der Waals surface area contributed by atoms with Crippen LogP contribution in [0.2, 0.25) is 0 Å². The summed E-state index contributed by atoms with van der Waals surface area (Å²) in [6, 6.07) is 14.6. The van der Waals surface area contributed by atoms with Crippen molar-refractivity contribution in [1.82, 2.24) is 9.97 Å². The third-order valence-electron chi connectivity index (χ3n) is 5.78. The molecule has 0 radical (unpaired) electrons. The van der Waals surface area contributed by atoms with E-state index in [0.717, 1.165) is 36.4 Å². The second-order valence-corrected chi connectivity index (χ2v) is 8.58. The number of anilines is 2. The van der Waals surface area contributed by atoms with E-state index < -0.39 is 5.97 Å². The van der Waals surface area contributed by atoms with Gasteiger partial charge >= 0.3 is 5.97 Å². The normalized spacial score (nSPS) is 15.2. The van der Waals surface area contributed by atoms with Crippen molar-refractivity contribution in [1.29, 1.82) is 0 Å². The van der Waals surface area contributed by atoms with Crippen LogP contribution in [0.25, 0.3) is 0 Å². The van der Waals surface area contributed by atoms with Crippen LogP contribution < -0.4 is 19.7 Å². The first kappa shape index (κ1) is 25.0. The van der Waals surface area contributed by atoms with Crippen LogP contribution >= 0.6 is 0 Å². The SMILES string of the molecule is CCOc1ccccc1OC1CCCN(c2cncc(NC(=O)Cc3ccc(CC(=O)O)cc3)n2)C1. The quantitative estimate of drug-likeness (QED) is 0.442. The van der Waals surface area contributed by atoms with Gasteiger partial charge in [0.25, 0.3) is 0 Å². The van der Waals surface area contributed by atoms with E-state index in [1.54, 1.807) is 30.5 Å². The Balaban J connectivity index is 1.35. The molecule has 1 saturated heterocycles. The molecule has 0 saturated carbocycles. The van der Waals surface area contributed by atoms with Crippen LogP contribution in [-0.2, 0) is 22.4 Å². The van der Waals surface area contributed by atoms with E-state index in [4.69, 9.17) is 14.6 Å². The van der Waals surface area contributed by atoms with E-state index in [9.17, 15) is 9.59 Å². The molecular formula is C27H30N4O5. The largest absolute Gasteiger partial charge is 0.490 e. The van der Waals surface area contributed by atoms with E-state index in [-0.39, 0.29) is 24.9 Å². The Morgan fingerprint density at radius 1 is 1.06 bits per heavy atom. The summed E-state index contributed by atoms with van der Waals surface area (Å²) in [4.78, 5) is 34.4. The maximum Gasteiger partial charge on any atom is 0.307 e. The summed E-state index contributed by atoms with van der Waals surface area (Å²) in [6.45, 7) is 3.99. The highest BCUT2D eigenvalue weighted by molar-refractivity contribution is 5.91. The van der Waals surface area contributed by atoms with E-state index >= 15 is 0 Å². The number of aromatic nitrogens is 2. The van der Waals surface area contributed by atoms with Gasteiger partial charge in [0.15, 0.2) is 17.3 Å². The lowest BCUT2D eigenvalue weighted by molar-refractivity contribution is -0.136. The topological polar surface area (TPSA) is 114 Å². The summed E-state index contributed by atoms with van der Waals surface area (Å²) in [7, 11) is 0. The number of carboxylic acids is 1. The van der Waals surface area contributed by atoms with Gasteiger partial charge in [-0.25, -0.2) is 4.98 Å². The van der Waals surface area contributed by atoms with Gasteiger partial charge in [-0.1, -0.05) is 36.4 Å². The van der Waals surface area contributed by atoms with Gasteiger partial charge in [-0.2, -0.15) is 0 Å². The van der Waals surface area contributed by atoms with Crippen LogP contribution in [0.1, 0.15) is 30.9 Å². The van der Waals surface area contributed by atoms with Gasteiger partial charge in [0.1, 0.15) is 11.9 Å². The predicted octanol–water partition coefficient (Wildman–Crippen LogP) is 3.73. The number of rotatable bonds is 10. The number of nitrogens with zero attached hydrogens (tertiary/aromatic N) is 3. The van der Waals surface area contributed by atoms with Crippen LogP contribution in [-0.4, -0.2) is 52.8 Å². The highest BCUT2D eigenvalue weighted by atomic mass is 16.5. The molecule has 9 nitrogen and oxygen atoms in total. The molecule has 1 aliphatic heterocycles. The number of carbonyl (C=O) groups excluding carboxylic acids is 1. The Morgan fingerprint density at radius 3 is 2.50 bits per heavy atom. The maximum absolute atomic E-state index is 12.6. The fourth-order valence-corrected chi connectivity index (χ4v) is 4.13. The number of piperidine rings is 1. The monoisotopic (exact) mass is 490 g/mol. The number of para-hydroxylation sites is 2. The smallest absolute Gasteiger partial charge is 0.307 e.